The van der Waals surface area contributed by atoms with Crippen LogP contribution in [-0.4, -0.2) is 30.0 Å². The highest BCUT2D eigenvalue weighted by atomic mass is 32.2. The Labute approximate surface area is 109 Å². The zero-order valence-corrected chi connectivity index (χ0v) is 11.9. The molecule has 0 aromatic rings. The fraction of sp³-hybridized carbons (Fsp3) is 0.923. The van der Waals surface area contributed by atoms with Crippen LogP contribution in [0, 0.1) is 5.92 Å². The lowest BCUT2D eigenvalue weighted by Crippen LogP contribution is -2.45. The molecule has 0 aromatic heterocycles. The Hall–Kier alpha value is -0.220. The Morgan fingerprint density at radius 2 is 2.18 bits per heavy atom. The molecule has 4 heteroatoms. The fourth-order valence-corrected chi connectivity index (χ4v) is 2.81. The molecule has 1 amide bonds. The minimum Gasteiger partial charge on any atom is -0.352 e. The Bertz CT molecular complexity index is 235. The molecule has 3 nitrogen and oxygen atoms in total. The standard InChI is InChI=1S/C13H26N2OS/c1-10-4-3-5-11(7-6-10)15-13(16)12(14)8-9-17-2/h10-12H,3-9,14H2,1-2H3,(H,15,16)/t10?,11?,12-/m0/s1. The van der Waals surface area contributed by atoms with Crippen LogP contribution in [0.3, 0.4) is 0 Å². The average molecular weight is 258 g/mol. The molecule has 1 rings (SSSR count). The summed E-state index contributed by atoms with van der Waals surface area (Å²) in [6.07, 6.45) is 8.79. The van der Waals surface area contributed by atoms with E-state index in [0.717, 1.165) is 30.9 Å². The van der Waals surface area contributed by atoms with Crippen molar-refractivity contribution in [3.8, 4) is 0 Å². The molecule has 1 fully saturated rings. The van der Waals surface area contributed by atoms with Crippen LogP contribution in [0.25, 0.3) is 0 Å². The van der Waals surface area contributed by atoms with Crippen molar-refractivity contribution in [1.29, 1.82) is 0 Å². The molecule has 0 bridgehead atoms. The van der Waals surface area contributed by atoms with Gasteiger partial charge < -0.3 is 11.1 Å². The fourth-order valence-electron chi connectivity index (χ4n) is 2.32. The van der Waals surface area contributed by atoms with Crippen LogP contribution in [0.1, 0.15) is 45.4 Å². The monoisotopic (exact) mass is 258 g/mol. The van der Waals surface area contributed by atoms with Gasteiger partial charge in [-0.15, -0.1) is 0 Å². The molecule has 1 aliphatic rings. The van der Waals surface area contributed by atoms with Gasteiger partial charge in [-0.2, -0.15) is 11.8 Å². The van der Waals surface area contributed by atoms with Gasteiger partial charge in [0.2, 0.25) is 5.91 Å². The summed E-state index contributed by atoms with van der Waals surface area (Å²) in [5, 5.41) is 3.11. The first kappa shape index (κ1) is 14.8. The first-order chi connectivity index (χ1) is 8.13. The van der Waals surface area contributed by atoms with Gasteiger partial charge in [-0.1, -0.05) is 19.8 Å². The molecule has 17 heavy (non-hydrogen) atoms. The van der Waals surface area contributed by atoms with E-state index in [1.54, 1.807) is 11.8 Å². The number of rotatable bonds is 5. The number of hydrogen-bond acceptors (Lipinski definition) is 3. The van der Waals surface area contributed by atoms with Crippen molar-refractivity contribution in [2.45, 2.75) is 57.5 Å². The summed E-state index contributed by atoms with van der Waals surface area (Å²) in [6, 6.07) is 0.0240. The highest BCUT2D eigenvalue weighted by Gasteiger charge is 2.20. The normalized spacial score (nSPS) is 27.2. The van der Waals surface area contributed by atoms with Gasteiger partial charge >= 0.3 is 0 Å². The molecular formula is C13H26N2OS. The summed E-state index contributed by atoms with van der Waals surface area (Å²) in [7, 11) is 0. The van der Waals surface area contributed by atoms with E-state index in [1.807, 2.05) is 6.26 Å². The third kappa shape index (κ3) is 5.77. The maximum atomic E-state index is 11.9. The van der Waals surface area contributed by atoms with E-state index in [4.69, 9.17) is 5.73 Å². The van der Waals surface area contributed by atoms with Gasteiger partial charge in [-0.05, 0) is 43.6 Å². The van der Waals surface area contributed by atoms with Gasteiger partial charge in [0, 0.05) is 6.04 Å². The third-order valence-corrected chi connectivity index (χ3v) is 4.22. The predicted molar refractivity (Wildman–Crippen MR) is 75.2 cm³/mol. The van der Waals surface area contributed by atoms with E-state index < -0.39 is 0 Å². The van der Waals surface area contributed by atoms with Crippen molar-refractivity contribution >= 4 is 17.7 Å². The van der Waals surface area contributed by atoms with Gasteiger partial charge in [-0.25, -0.2) is 0 Å². The number of nitrogens with two attached hydrogens (primary N) is 1. The lowest BCUT2D eigenvalue weighted by atomic mass is 10.0. The Balaban J connectivity index is 2.29. The minimum absolute atomic E-state index is 0.0404. The Morgan fingerprint density at radius 3 is 2.88 bits per heavy atom. The van der Waals surface area contributed by atoms with E-state index in [0.29, 0.717) is 6.04 Å². The molecule has 3 N–H and O–H groups in total. The van der Waals surface area contributed by atoms with E-state index in [2.05, 4.69) is 12.2 Å². The van der Waals surface area contributed by atoms with Crippen LogP contribution in [0.15, 0.2) is 0 Å². The highest BCUT2D eigenvalue weighted by molar-refractivity contribution is 7.98. The summed E-state index contributed by atoms with van der Waals surface area (Å²) in [4.78, 5) is 11.9. The number of amides is 1. The number of carbonyl (C=O) groups excluding carboxylic acids is 1. The van der Waals surface area contributed by atoms with Crippen molar-refractivity contribution in [3.63, 3.8) is 0 Å². The maximum Gasteiger partial charge on any atom is 0.237 e. The smallest absolute Gasteiger partial charge is 0.237 e. The molecule has 100 valence electrons. The largest absolute Gasteiger partial charge is 0.352 e. The molecule has 2 unspecified atom stereocenters. The van der Waals surface area contributed by atoms with Crippen molar-refractivity contribution in [2.24, 2.45) is 11.7 Å². The second kappa shape index (κ2) is 7.98. The second-order valence-corrected chi connectivity index (χ2v) is 6.19. The van der Waals surface area contributed by atoms with Crippen LogP contribution in [0.5, 0.6) is 0 Å². The van der Waals surface area contributed by atoms with E-state index >= 15 is 0 Å². The molecule has 0 aliphatic heterocycles. The third-order valence-electron chi connectivity index (χ3n) is 3.57. The Morgan fingerprint density at radius 1 is 1.41 bits per heavy atom. The summed E-state index contributed by atoms with van der Waals surface area (Å²) < 4.78 is 0. The molecule has 0 saturated heterocycles. The molecule has 0 spiro atoms. The minimum atomic E-state index is -0.330. The van der Waals surface area contributed by atoms with E-state index in [9.17, 15) is 4.79 Å². The molecule has 0 heterocycles. The SMILES string of the molecule is CSCC[C@H](N)C(=O)NC1CCCC(C)CC1. The van der Waals surface area contributed by atoms with Crippen molar-refractivity contribution < 1.29 is 4.79 Å². The Kier molecular flexibility index (Phi) is 6.97. The lowest BCUT2D eigenvalue weighted by molar-refractivity contribution is -0.123. The predicted octanol–water partition coefficient (Wildman–Crippen LogP) is 2.15. The number of carbonyl (C=O) groups is 1. The van der Waals surface area contributed by atoms with Crippen LogP contribution < -0.4 is 11.1 Å². The molecule has 0 aromatic carbocycles. The van der Waals surface area contributed by atoms with Crippen LogP contribution >= 0.6 is 11.8 Å². The second-order valence-electron chi connectivity index (χ2n) is 5.21. The summed E-state index contributed by atoms with van der Waals surface area (Å²) in [5.74, 6) is 1.80. The molecule has 0 radical (unpaired) electrons. The molecular weight excluding hydrogens is 232 g/mol. The summed E-state index contributed by atoms with van der Waals surface area (Å²) in [5.41, 5.74) is 5.86. The van der Waals surface area contributed by atoms with Crippen molar-refractivity contribution in [3.05, 3.63) is 0 Å². The van der Waals surface area contributed by atoms with Crippen LogP contribution in [-0.2, 0) is 4.79 Å². The zero-order chi connectivity index (χ0) is 12.7. The van der Waals surface area contributed by atoms with Gasteiger partial charge in [-0.3, -0.25) is 4.79 Å². The first-order valence-electron chi connectivity index (χ1n) is 6.68. The van der Waals surface area contributed by atoms with E-state index in [-0.39, 0.29) is 11.9 Å². The van der Waals surface area contributed by atoms with Gasteiger partial charge in [0.25, 0.3) is 0 Å². The zero-order valence-electron chi connectivity index (χ0n) is 11.1. The molecule has 1 saturated carbocycles. The van der Waals surface area contributed by atoms with Gasteiger partial charge in [0.15, 0.2) is 0 Å². The number of hydrogen-bond donors (Lipinski definition) is 2. The van der Waals surface area contributed by atoms with Gasteiger partial charge in [0.1, 0.15) is 0 Å². The number of thioether (sulfide) groups is 1. The van der Waals surface area contributed by atoms with Crippen LogP contribution in [0.2, 0.25) is 0 Å². The maximum absolute atomic E-state index is 11.9. The highest BCUT2D eigenvalue weighted by Crippen LogP contribution is 2.22. The topological polar surface area (TPSA) is 55.1 Å². The van der Waals surface area contributed by atoms with E-state index in [1.165, 1.54) is 19.3 Å². The summed E-state index contributed by atoms with van der Waals surface area (Å²) >= 11 is 1.74. The first-order valence-corrected chi connectivity index (χ1v) is 8.07. The molecule has 3 atom stereocenters. The quantitative estimate of drug-likeness (QED) is 0.743. The van der Waals surface area contributed by atoms with Crippen molar-refractivity contribution in [2.75, 3.05) is 12.0 Å². The van der Waals surface area contributed by atoms with Crippen molar-refractivity contribution in [1.82, 2.24) is 5.32 Å². The summed E-state index contributed by atoms with van der Waals surface area (Å²) in [6.45, 7) is 2.30. The van der Waals surface area contributed by atoms with Gasteiger partial charge in [0.05, 0.1) is 6.04 Å². The average Bonchev–Trinajstić information content (AvgIpc) is 2.51. The molecule has 1 aliphatic carbocycles. The van der Waals surface area contributed by atoms with Crippen LogP contribution in [0.4, 0.5) is 0 Å². The lowest BCUT2D eigenvalue weighted by Gasteiger charge is -2.19. The number of nitrogens with one attached hydrogen (secondary N) is 1.